The monoisotopic (exact) mass is 378 g/mol. The molecule has 0 aromatic heterocycles. The van der Waals surface area contributed by atoms with Crippen LogP contribution < -0.4 is 0 Å². The van der Waals surface area contributed by atoms with Gasteiger partial charge in [0.25, 0.3) is 0 Å². The fourth-order valence-corrected chi connectivity index (χ4v) is 2.89. The van der Waals surface area contributed by atoms with Crippen molar-refractivity contribution in [3.05, 3.63) is 59.2 Å². The molecule has 94 valence electrons. The first-order valence-electron chi connectivity index (χ1n) is 5.70. The molecule has 0 unspecified atom stereocenters. The Hall–Kier alpha value is -1.26. The number of carbonyl (C=O) groups is 2. The predicted molar refractivity (Wildman–Crippen MR) is 81.3 cm³/mol. The minimum atomic E-state index is -0.483. The Morgan fingerprint density at radius 1 is 0.895 bits per heavy atom. The average Bonchev–Trinajstić information content (AvgIpc) is 2.72. The highest BCUT2D eigenvalue weighted by Crippen LogP contribution is 2.38. The Morgan fingerprint density at radius 2 is 1.53 bits per heavy atom. The van der Waals surface area contributed by atoms with Crippen molar-refractivity contribution in [1.82, 2.24) is 0 Å². The number of halogens is 2. The second-order valence-electron chi connectivity index (χ2n) is 4.27. The normalized spacial score (nSPS) is 12.5. The third-order valence-corrected chi connectivity index (χ3v) is 4.05. The largest absolute Gasteiger partial charge is 0.292 e. The molecule has 1 aliphatic carbocycles. The predicted octanol–water partition coefficient (Wildman–Crippen LogP) is 4.20. The van der Waals surface area contributed by atoms with E-state index in [-0.39, 0.29) is 11.6 Å². The summed E-state index contributed by atoms with van der Waals surface area (Å²) in [5.41, 5.74) is 3.37. The molecule has 4 heteroatoms. The van der Waals surface area contributed by atoms with Gasteiger partial charge in [0.2, 0.25) is 0 Å². The van der Waals surface area contributed by atoms with Crippen LogP contribution in [0.3, 0.4) is 0 Å². The van der Waals surface area contributed by atoms with Crippen molar-refractivity contribution in [1.29, 1.82) is 0 Å². The number of fused-ring (bicyclic) bond motifs is 3. The van der Waals surface area contributed by atoms with Crippen molar-refractivity contribution in [2.45, 2.75) is 3.74 Å². The van der Waals surface area contributed by atoms with Crippen LogP contribution in [-0.4, -0.2) is 15.3 Å². The van der Waals surface area contributed by atoms with Crippen LogP contribution in [0.4, 0.5) is 0 Å². The van der Waals surface area contributed by atoms with Crippen LogP contribution in [0.1, 0.15) is 26.3 Å². The van der Waals surface area contributed by atoms with Gasteiger partial charge in [0.1, 0.15) is 3.74 Å². The molecule has 19 heavy (non-hydrogen) atoms. The highest BCUT2D eigenvalue weighted by atomic mass is 79.9. The third kappa shape index (κ3) is 1.90. The van der Waals surface area contributed by atoms with E-state index >= 15 is 0 Å². The van der Waals surface area contributed by atoms with Crippen LogP contribution in [0.25, 0.3) is 11.1 Å². The Morgan fingerprint density at radius 3 is 2.21 bits per heavy atom. The van der Waals surface area contributed by atoms with Gasteiger partial charge in [-0.1, -0.05) is 74.3 Å². The minimum absolute atomic E-state index is 0.0739. The Kier molecular flexibility index (Phi) is 3.15. The third-order valence-electron chi connectivity index (χ3n) is 3.22. The highest BCUT2D eigenvalue weighted by molar-refractivity contribution is 9.25. The molecular formula is C15H8Br2O2. The molecular weight excluding hydrogens is 372 g/mol. The number of Topliss-reactive ketones (excluding diaryl/α,β-unsaturated/α-hetero) is 1. The van der Waals surface area contributed by atoms with Crippen LogP contribution in [0.5, 0.6) is 0 Å². The fraction of sp³-hybridized carbons (Fsp3) is 0.0667. The molecule has 0 atom stereocenters. The number of hydrogen-bond acceptors (Lipinski definition) is 2. The van der Waals surface area contributed by atoms with Crippen molar-refractivity contribution < 1.29 is 9.59 Å². The van der Waals surface area contributed by atoms with E-state index in [4.69, 9.17) is 0 Å². The van der Waals surface area contributed by atoms with Crippen molar-refractivity contribution in [2.24, 2.45) is 0 Å². The molecule has 0 fully saturated rings. The van der Waals surface area contributed by atoms with Gasteiger partial charge >= 0.3 is 0 Å². The number of rotatable bonds is 2. The topological polar surface area (TPSA) is 34.1 Å². The first-order valence-corrected chi connectivity index (χ1v) is 7.54. The van der Waals surface area contributed by atoms with Gasteiger partial charge in [0, 0.05) is 16.7 Å². The van der Waals surface area contributed by atoms with Crippen LogP contribution in [-0.2, 0) is 0 Å². The van der Waals surface area contributed by atoms with Gasteiger partial charge in [-0.05, 0) is 11.1 Å². The molecule has 2 nitrogen and oxygen atoms in total. The lowest BCUT2D eigenvalue weighted by atomic mass is 9.98. The minimum Gasteiger partial charge on any atom is -0.292 e. The number of carbonyl (C=O) groups excluding carboxylic acids is 2. The second kappa shape index (κ2) is 4.69. The van der Waals surface area contributed by atoms with E-state index in [1.807, 2.05) is 30.3 Å². The molecule has 0 aliphatic heterocycles. The zero-order chi connectivity index (χ0) is 13.6. The van der Waals surface area contributed by atoms with Crippen molar-refractivity contribution in [3.63, 3.8) is 0 Å². The van der Waals surface area contributed by atoms with E-state index in [9.17, 15) is 9.59 Å². The second-order valence-corrected chi connectivity index (χ2v) is 7.33. The van der Waals surface area contributed by atoms with Crippen molar-refractivity contribution >= 4 is 43.4 Å². The summed E-state index contributed by atoms with van der Waals surface area (Å²) in [7, 11) is 0. The van der Waals surface area contributed by atoms with Gasteiger partial charge in [-0.15, -0.1) is 0 Å². The van der Waals surface area contributed by atoms with Crippen molar-refractivity contribution in [2.75, 3.05) is 0 Å². The summed E-state index contributed by atoms with van der Waals surface area (Å²) in [5, 5.41) is 0. The van der Waals surface area contributed by atoms with Gasteiger partial charge in [-0.3, -0.25) is 9.59 Å². The van der Waals surface area contributed by atoms with Gasteiger partial charge in [-0.2, -0.15) is 0 Å². The summed E-state index contributed by atoms with van der Waals surface area (Å²) in [6.45, 7) is 0. The first-order chi connectivity index (χ1) is 9.11. The summed E-state index contributed by atoms with van der Waals surface area (Å²) in [6, 6.07) is 12.8. The van der Waals surface area contributed by atoms with Crippen LogP contribution >= 0.6 is 31.9 Å². The molecule has 0 radical (unpaired) electrons. The zero-order valence-corrected chi connectivity index (χ0v) is 12.9. The quantitative estimate of drug-likeness (QED) is 0.494. The summed E-state index contributed by atoms with van der Waals surface area (Å²) >= 11 is 6.39. The maximum atomic E-state index is 12.5. The molecule has 0 N–H and O–H groups in total. The van der Waals surface area contributed by atoms with Gasteiger partial charge in [0.05, 0.1) is 0 Å². The standard InChI is InChI=1S/C15H8Br2O2/c16-15(17)14(19)11-7-3-6-9-8-4-1-2-5-10(8)13(18)12(9)11/h1-7,15H. The molecule has 0 bridgehead atoms. The number of benzene rings is 2. The molecule has 0 saturated carbocycles. The van der Waals surface area contributed by atoms with Crippen LogP contribution in [0.2, 0.25) is 0 Å². The summed E-state index contributed by atoms with van der Waals surface area (Å²) in [5.74, 6) is -0.215. The smallest absolute Gasteiger partial charge is 0.195 e. The molecule has 2 aromatic carbocycles. The van der Waals surface area contributed by atoms with E-state index in [1.54, 1.807) is 12.1 Å². The van der Waals surface area contributed by atoms with E-state index in [0.717, 1.165) is 11.1 Å². The fourth-order valence-electron chi connectivity index (χ4n) is 2.39. The molecule has 1 aliphatic rings. The van der Waals surface area contributed by atoms with E-state index in [1.165, 1.54) is 0 Å². The van der Waals surface area contributed by atoms with E-state index < -0.39 is 3.74 Å². The lowest BCUT2D eigenvalue weighted by Crippen LogP contribution is -2.12. The maximum absolute atomic E-state index is 12.5. The SMILES string of the molecule is O=C1c2ccccc2-c2cccc(C(=O)C(Br)Br)c21. The molecule has 3 rings (SSSR count). The highest BCUT2D eigenvalue weighted by Gasteiger charge is 2.31. The summed E-state index contributed by atoms with van der Waals surface area (Å²) in [4.78, 5) is 24.6. The number of ketones is 2. The van der Waals surface area contributed by atoms with Gasteiger partial charge in [-0.25, -0.2) is 0 Å². The first kappa shape index (κ1) is 12.8. The molecule has 0 heterocycles. The summed E-state index contributed by atoms with van der Waals surface area (Å²) < 4.78 is -0.483. The molecule has 0 amide bonds. The maximum Gasteiger partial charge on any atom is 0.195 e. The lowest BCUT2D eigenvalue weighted by molar-refractivity contribution is 0.0992. The zero-order valence-electron chi connectivity index (χ0n) is 9.69. The molecule has 0 spiro atoms. The van der Waals surface area contributed by atoms with Crippen molar-refractivity contribution in [3.8, 4) is 11.1 Å². The number of hydrogen-bond donors (Lipinski definition) is 0. The average molecular weight is 380 g/mol. The van der Waals surface area contributed by atoms with E-state index in [0.29, 0.717) is 16.7 Å². The van der Waals surface area contributed by atoms with Crippen LogP contribution in [0, 0.1) is 0 Å². The Balaban J connectivity index is 2.27. The molecule has 2 aromatic rings. The van der Waals surface area contributed by atoms with Gasteiger partial charge < -0.3 is 0 Å². The lowest BCUT2D eigenvalue weighted by Gasteiger charge is -2.07. The summed E-state index contributed by atoms with van der Waals surface area (Å²) in [6.07, 6.45) is 0. The Labute approximate surface area is 127 Å². The van der Waals surface area contributed by atoms with E-state index in [2.05, 4.69) is 31.9 Å². The molecule has 0 saturated heterocycles. The number of alkyl halides is 2. The van der Waals surface area contributed by atoms with Crippen LogP contribution in [0.15, 0.2) is 42.5 Å². The van der Waals surface area contributed by atoms with Gasteiger partial charge in [0.15, 0.2) is 11.6 Å². The Bertz CT molecular complexity index is 705.